The van der Waals surface area contributed by atoms with Crippen LogP contribution in [-0.4, -0.2) is 12.6 Å². The van der Waals surface area contributed by atoms with Gasteiger partial charge >= 0.3 is 0 Å². The number of nitrogens with one attached hydrogen (secondary N) is 1. The molecule has 1 rings (SSSR count). The first-order valence-corrected chi connectivity index (χ1v) is 6.91. The molecule has 0 aliphatic carbocycles. The molecule has 1 aromatic heterocycles. The molecule has 0 saturated heterocycles. The van der Waals surface area contributed by atoms with Crippen LogP contribution in [0.1, 0.15) is 25.1 Å². The Morgan fingerprint density at radius 3 is 2.73 bits per heavy atom. The second kappa shape index (κ2) is 6.63. The molecule has 0 bridgehead atoms. The van der Waals surface area contributed by atoms with Gasteiger partial charge in [-0.1, -0.05) is 13.8 Å². The maximum Gasteiger partial charge on any atom is 0.0701 e. The number of rotatable bonds is 6. The van der Waals surface area contributed by atoms with Crippen LogP contribution in [0.4, 0.5) is 0 Å². The van der Waals surface area contributed by atoms with Gasteiger partial charge in [0, 0.05) is 17.5 Å². The molecule has 4 heteroatoms. The third-order valence-corrected chi connectivity index (χ3v) is 4.06. The molecule has 1 unspecified atom stereocenters. The highest BCUT2D eigenvalue weighted by atomic mass is 79.9. The van der Waals surface area contributed by atoms with E-state index < -0.39 is 0 Å². The predicted molar refractivity (Wildman–Crippen MR) is 71.2 cm³/mol. The molecule has 0 saturated carbocycles. The van der Waals surface area contributed by atoms with E-state index in [1.165, 1.54) is 8.66 Å². The minimum Gasteiger partial charge on any atom is -0.327 e. The van der Waals surface area contributed by atoms with Gasteiger partial charge in [-0.05, 0) is 46.9 Å². The zero-order valence-corrected chi connectivity index (χ0v) is 11.7. The Hall–Kier alpha value is 0.1000. The van der Waals surface area contributed by atoms with Crippen molar-refractivity contribution in [2.75, 3.05) is 6.54 Å². The molecule has 1 aromatic rings. The van der Waals surface area contributed by atoms with Crippen molar-refractivity contribution in [1.29, 1.82) is 0 Å². The normalized spacial score (nSPS) is 13.4. The average molecular weight is 291 g/mol. The zero-order chi connectivity index (χ0) is 11.3. The third kappa shape index (κ3) is 5.11. The van der Waals surface area contributed by atoms with Gasteiger partial charge in [-0.15, -0.1) is 11.3 Å². The van der Waals surface area contributed by atoms with Crippen LogP contribution in [-0.2, 0) is 6.54 Å². The highest BCUT2D eigenvalue weighted by molar-refractivity contribution is 9.11. The quantitative estimate of drug-likeness (QED) is 0.791. The summed E-state index contributed by atoms with van der Waals surface area (Å²) in [6.45, 7) is 6.28. The lowest BCUT2D eigenvalue weighted by atomic mass is 10.0. The van der Waals surface area contributed by atoms with Gasteiger partial charge in [-0.2, -0.15) is 0 Å². The number of thiophene rings is 1. The topological polar surface area (TPSA) is 38.0 Å². The summed E-state index contributed by atoms with van der Waals surface area (Å²) in [6, 6.07) is 4.54. The smallest absolute Gasteiger partial charge is 0.0701 e. The van der Waals surface area contributed by atoms with Gasteiger partial charge in [0.25, 0.3) is 0 Å². The summed E-state index contributed by atoms with van der Waals surface area (Å²) in [5.74, 6) is 0.572. The lowest BCUT2D eigenvalue weighted by Crippen LogP contribution is -2.30. The van der Waals surface area contributed by atoms with Gasteiger partial charge in [0.05, 0.1) is 3.79 Å². The van der Waals surface area contributed by atoms with Gasteiger partial charge in [0.2, 0.25) is 0 Å². The Kier molecular flexibility index (Phi) is 5.82. The second-order valence-electron chi connectivity index (χ2n) is 4.08. The van der Waals surface area contributed by atoms with E-state index >= 15 is 0 Å². The molecule has 3 N–H and O–H groups in total. The van der Waals surface area contributed by atoms with Crippen LogP contribution in [0.3, 0.4) is 0 Å². The summed E-state index contributed by atoms with van der Waals surface area (Å²) >= 11 is 5.23. The molecule has 0 fully saturated rings. The summed E-state index contributed by atoms with van der Waals surface area (Å²) in [6.07, 6.45) is 1.05. The SMILES string of the molecule is CC(C)C(N)CCNCc1ccc(Br)s1. The standard InChI is InChI=1S/C11H19BrN2S/c1-8(2)10(13)5-6-14-7-9-3-4-11(12)15-9/h3-4,8,10,14H,5-7,13H2,1-2H3. The lowest BCUT2D eigenvalue weighted by Gasteiger charge is -2.15. The van der Waals surface area contributed by atoms with Gasteiger partial charge in [-0.3, -0.25) is 0 Å². The maximum atomic E-state index is 5.96. The zero-order valence-electron chi connectivity index (χ0n) is 9.29. The van der Waals surface area contributed by atoms with Crippen LogP contribution >= 0.6 is 27.3 Å². The molecule has 0 spiro atoms. The average Bonchev–Trinajstić information content (AvgIpc) is 2.58. The Balaban J connectivity index is 2.12. The highest BCUT2D eigenvalue weighted by Crippen LogP contribution is 2.21. The minimum atomic E-state index is 0.313. The van der Waals surface area contributed by atoms with Crippen molar-refractivity contribution in [3.8, 4) is 0 Å². The third-order valence-electron chi connectivity index (χ3n) is 2.44. The molecule has 2 nitrogen and oxygen atoms in total. The fourth-order valence-electron chi connectivity index (χ4n) is 1.26. The van der Waals surface area contributed by atoms with Crippen molar-refractivity contribution in [2.45, 2.75) is 32.9 Å². The summed E-state index contributed by atoms with van der Waals surface area (Å²) in [5.41, 5.74) is 5.96. The van der Waals surface area contributed by atoms with Crippen LogP contribution in [0.2, 0.25) is 0 Å². The molecule has 0 amide bonds. The predicted octanol–water partition coefficient (Wildman–Crippen LogP) is 2.97. The monoisotopic (exact) mass is 290 g/mol. The molecule has 15 heavy (non-hydrogen) atoms. The number of hydrogen-bond donors (Lipinski definition) is 2. The summed E-state index contributed by atoms with van der Waals surface area (Å²) in [4.78, 5) is 1.36. The van der Waals surface area contributed by atoms with Crippen LogP contribution in [0.25, 0.3) is 0 Å². The Bertz CT molecular complexity index is 286. The molecule has 1 atom stereocenters. The Morgan fingerprint density at radius 2 is 2.20 bits per heavy atom. The minimum absolute atomic E-state index is 0.313. The fraction of sp³-hybridized carbons (Fsp3) is 0.636. The van der Waals surface area contributed by atoms with Crippen molar-refractivity contribution in [3.05, 3.63) is 20.8 Å². The van der Waals surface area contributed by atoms with Gasteiger partial charge in [-0.25, -0.2) is 0 Å². The number of halogens is 1. The Labute approximate surface area is 104 Å². The van der Waals surface area contributed by atoms with Gasteiger partial charge < -0.3 is 11.1 Å². The van der Waals surface area contributed by atoms with E-state index in [0.29, 0.717) is 12.0 Å². The van der Waals surface area contributed by atoms with E-state index in [0.717, 1.165) is 19.5 Å². The molecule has 0 radical (unpaired) electrons. The summed E-state index contributed by atoms with van der Waals surface area (Å²) in [7, 11) is 0. The van der Waals surface area contributed by atoms with Crippen molar-refractivity contribution in [2.24, 2.45) is 11.7 Å². The molecule has 0 aromatic carbocycles. The summed E-state index contributed by atoms with van der Waals surface area (Å²) < 4.78 is 1.19. The lowest BCUT2D eigenvalue weighted by molar-refractivity contribution is 0.450. The molecule has 0 aliphatic heterocycles. The van der Waals surface area contributed by atoms with Crippen molar-refractivity contribution in [3.63, 3.8) is 0 Å². The van der Waals surface area contributed by atoms with Gasteiger partial charge in [0.15, 0.2) is 0 Å². The first kappa shape index (κ1) is 13.2. The second-order valence-corrected chi connectivity index (χ2v) is 6.63. The van der Waals surface area contributed by atoms with Gasteiger partial charge in [0.1, 0.15) is 0 Å². The number of nitrogens with two attached hydrogens (primary N) is 1. The fourth-order valence-corrected chi connectivity index (χ4v) is 2.71. The first-order chi connectivity index (χ1) is 7.09. The Morgan fingerprint density at radius 1 is 1.47 bits per heavy atom. The van der Waals surface area contributed by atoms with Crippen LogP contribution < -0.4 is 11.1 Å². The molecular weight excluding hydrogens is 272 g/mol. The first-order valence-electron chi connectivity index (χ1n) is 5.30. The number of hydrogen-bond acceptors (Lipinski definition) is 3. The van der Waals surface area contributed by atoms with Crippen LogP contribution in [0, 0.1) is 5.92 Å². The summed E-state index contributed by atoms with van der Waals surface area (Å²) in [5, 5.41) is 3.41. The van der Waals surface area contributed by atoms with E-state index in [1.54, 1.807) is 11.3 Å². The molecule has 86 valence electrons. The van der Waals surface area contributed by atoms with Crippen LogP contribution in [0.15, 0.2) is 15.9 Å². The maximum absolute atomic E-state index is 5.96. The van der Waals surface area contributed by atoms with Crippen LogP contribution in [0.5, 0.6) is 0 Å². The highest BCUT2D eigenvalue weighted by Gasteiger charge is 2.06. The molecular formula is C11H19BrN2S. The van der Waals surface area contributed by atoms with E-state index in [4.69, 9.17) is 5.73 Å². The molecule has 0 aliphatic rings. The largest absolute Gasteiger partial charge is 0.327 e. The van der Waals surface area contributed by atoms with E-state index in [1.807, 2.05) is 0 Å². The molecule has 1 heterocycles. The van der Waals surface area contributed by atoms with Crippen molar-refractivity contribution >= 4 is 27.3 Å². The van der Waals surface area contributed by atoms with E-state index in [2.05, 4.69) is 47.2 Å². The van der Waals surface area contributed by atoms with Crippen molar-refractivity contribution < 1.29 is 0 Å². The van der Waals surface area contributed by atoms with E-state index in [9.17, 15) is 0 Å². The van der Waals surface area contributed by atoms with Crippen molar-refractivity contribution in [1.82, 2.24) is 5.32 Å². The van der Waals surface area contributed by atoms with E-state index in [-0.39, 0.29) is 0 Å².